The molecule has 1 aromatic carbocycles. The Hall–Kier alpha value is -1.93. The molecule has 3 atom stereocenters. The van der Waals surface area contributed by atoms with E-state index in [0.717, 1.165) is 6.07 Å². The number of nitro benzene ring substituents is 1. The van der Waals surface area contributed by atoms with E-state index in [4.69, 9.17) is 13.6 Å². The van der Waals surface area contributed by atoms with Crippen LogP contribution in [0.5, 0.6) is 0 Å². The molecule has 1 N–H and O–H groups in total. The number of rotatable bonds is 7. The number of non-ortho nitro benzene ring substituents is 1. The average Bonchev–Trinajstić information content (AvgIpc) is 3.24. The van der Waals surface area contributed by atoms with Gasteiger partial charge in [-0.15, -0.1) is 0 Å². The maximum atomic E-state index is 12.6. The van der Waals surface area contributed by atoms with Gasteiger partial charge < -0.3 is 13.6 Å². The Morgan fingerprint density at radius 2 is 1.61 bits per heavy atom. The standard InChI is InChI=1S/C25H40N2O7Si2/c1-24(2,3)35(7,8)32-14-20-19(34-36(9,10)25(4,5)6)13-18(33-20)16-11-15(27(30)31)12-17-21(16)23(29)26-22(17)28/h11-12,18-20H,13-14H2,1-10H3,(H,26,28,29)/t18-,19+,20-/m1/s1. The number of hydrogen-bond acceptors (Lipinski definition) is 7. The third-order valence-corrected chi connectivity index (χ3v) is 17.3. The molecule has 3 rings (SSSR count). The number of benzene rings is 1. The third-order valence-electron chi connectivity index (χ3n) is 8.28. The molecule has 1 aromatic rings. The van der Waals surface area contributed by atoms with Gasteiger partial charge in [0.2, 0.25) is 0 Å². The number of nitrogens with zero attached hydrogens (tertiary/aromatic N) is 1. The molecular weight excluding hydrogens is 496 g/mol. The smallest absolute Gasteiger partial charge is 0.270 e. The average molecular weight is 537 g/mol. The van der Waals surface area contributed by atoms with E-state index in [2.05, 4.69) is 73.0 Å². The Morgan fingerprint density at radius 3 is 2.14 bits per heavy atom. The maximum Gasteiger partial charge on any atom is 0.270 e. The molecule has 0 bridgehead atoms. The maximum absolute atomic E-state index is 12.6. The van der Waals surface area contributed by atoms with Crippen LogP contribution in [0.1, 0.15) is 80.3 Å². The molecule has 9 nitrogen and oxygen atoms in total. The Balaban J connectivity index is 1.99. The van der Waals surface area contributed by atoms with Gasteiger partial charge in [0.15, 0.2) is 16.6 Å². The summed E-state index contributed by atoms with van der Waals surface area (Å²) in [5, 5.41) is 13.8. The fourth-order valence-electron chi connectivity index (χ4n) is 3.92. The number of hydrogen-bond donors (Lipinski definition) is 1. The summed E-state index contributed by atoms with van der Waals surface area (Å²) < 4.78 is 19.7. The SMILES string of the molecule is CC(C)(C)[Si](C)(C)OC[C@H]1O[C@@H](c2cc([N+](=O)[O-])cc3c2C(=O)NC3=O)C[C@@H]1O[Si](C)(C)C(C)(C)C. The first kappa shape index (κ1) is 28.6. The van der Waals surface area contributed by atoms with E-state index in [9.17, 15) is 19.7 Å². The zero-order valence-corrected chi connectivity index (χ0v) is 25.1. The first-order valence-corrected chi connectivity index (χ1v) is 18.2. The van der Waals surface area contributed by atoms with Gasteiger partial charge in [0.05, 0.1) is 34.9 Å². The van der Waals surface area contributed by atoms with Crippen LogP contribution in [-0.2, 0) is 13.6 Å². The first-order chi connectivity index (χ1) is 16.2. The summed E-state index contributed by atoms with van der Waals surface area (Å²) in [5.41, 5.74) is 0.254. The highest BCUT2D eigenvalue weighted by atomic mass is 28.4. The summed E-state index contributed by atoms with van der Waals surface area (Å²) in [7, 11) is -4.28. The Bertz CT molecular complexity index is 1070. The van der Waals surface area contributed by atoms with Crippen LogP contribution in [0.3, 0.4) is 0 Å². The molecule has 0 unspecified atom stereocenters. The molecule has 2 heterocycles. The van der Waals surface area contributed by atoms with Crippen molar-refractivity contribution in [2.24, 2.45) is 0 Å². The summed E-state index contributed by atoms with van der Waals surface area (Å²) in [6.45, 7) is 22.0. The van der Waals surface area contributed by atoms with Crippen molar-refractivity contribution < 1.29 is 28.1 Å². The second kappa shape index (κ2) is 9.43. The summed E-state index contributed by atoms with van der Waals surface area (Å²) >= 11 is 0. The second-order valence-corrected chi connectivity index (χ2v) is 22.5. The molecule has 2 aliphatic heterocycles. The normalized spacial score (nSPS) is 23.1. The van der Waals surface area contributed by atoms with E-state index in [0.29, 0.717) is 18.6 Å². The molecule has 0 spiro atoms. The number of carbonyl (C=O) groups is 2. The summed E-state index contributed by atoms with van der Waals surface area (Å²) in [4.78, 5) is 36.0. The van der Waals surface area contributed by atoms with E-state index >= 15 is 0 Å². The van der Waals surface area contributed by atoms with E-state index in [1.165, 1.54) is 6.07 Å². The molecule has 36 heavy (non-hydrogen) atoms. The van der Waals surface area contributed by atoms with Crippen molar-refractivity contribution >= 4 is 34.1 Å². The minimum Gasteiger partial charge on any atom is -0.414 e. The lowest BCUT2D eigenvalue weighted by Crippen LogP contribution is -2.48. The van der Waals surface area contributed by atoms with Crippen molar-refractivity contribution in [3.8, 4) is 0 Å². The van der Waals surface area contributed by atoms with Crippen LogP contribution < -0.4 is 5.32 Å². The number of fused-ring (bicyclic) bond motifs is 1. The zero-order chi connectivity index (χ0) is 27.4. The highest BCUT2D eigenvalue weighted by Crippen LogP contribution is 2.45. The molecule has 0 aliphatic carbocycles. The molecule has 2 aliphatic rings. The summed E-state index contributed by atoms with van der Waals surface area (Å²) in [6.07, 6.45) is -0.949. The minimum atomic E-state index is -2.19. The number of nitrogens with one attached hydrogen (secondary N) is 1. The number of nitro groups is 1. The van der Waals surface area contributed by atoms with Crippen molar-refractivity contribution in [2.75, 3.05) is 6.61 Å². The van der Waals surface area contributed by atoms with Gasteiger partial charge in [-0.3, -0.25) is 25.0 Å². The first-order valence-electron chi connectivity index (χ1n) is 12.4. The van der Waals surface area contributed by atoms with E-state index in [-0.39, 0.29) is 33.0 Å². The molecular formula is C25H40N2O7Si2. The van der Waals surface area contributed by atoms with Crippen molar-refractivity contribution in [2.45, 2.75) is 103 Å². The minimum absolute atomic E-state index is 0.00985. The van der Waals surface area contributed by atoms with Crippen molar-refractivity contribution in [3.05, 3.63) is 38.9 Å². The quantitative estimate of drug-likeness (QED) is 0.205. The Morgan fingerprint density at radius 1 is 1.03 bits per heavy atom. The van der Waals surface area contributed by atoms with Gasteiger partial charge in [0.25, 0.3) is 17.5 Å². The molecule has 0 aromatic heterocycles. The Labute approximate surface area is 215 Å². The molecule has 1 fully saturated rings. The molecule has 2 amide bonds. The van der Waals surface area contributed by atoms with Crippen molar-refractivity contribution in [1.29, 1.82) is 0 Å². The highest BCUT2D eigenvalue weighted by molar-refractivity contribution is 6.74. The van der Waals surface area contributed by atoms with Gasteiger partial charge in [-0.05, 0) is 36.3 Å². The van der Waals surface area contributed by atoms with Crippen molar-refractivity contribution in [1.82, 2.24) is 5.32 Å². The van der Waals surface area contributed by atoms with Crippen LogP contribution in [0.2, 0.25) is 36.3 Å². The summed E-state index contributed by atoms with van der Waals surface area (Å²) in [5.74, 6) is -1.20. The predicted octanol–water partition coefficient (Wildman–Crippen LogP) is 5.72. The topological polar surface area (TPSA) is 117 Å². The second-order valence-electron chi connectivity index (χ2n) is 12.9. The van der Waals surface area contributed by atoms with Crippen LogP contribution in [-0.4, -0.2) is 52.2 Å². The highest BCUT2D eigenvalue weighted by Gasteiger charge is 2.48. The third kappa shape index (κ3) is 5.49. The lowest BCUT2D eigenvalue weighted by atomic mass is 9.95. The van der Waals surface area contributed by atoms with Crippen LogP contribution >= 0.6 is 0 Å². The van der Waals surface area contributed by atoms with Gasteiger partial charge >= 0.3 is 0 Å². The van der Waals surface area contributed by atoms with Gasteiger partial charge in [-0.1, -0.05) is 41.5 Å². The monoisotopic (exact) mass is 536 g/mol. The van der Waals surface area contributed by atoms with Gasteiger partial charge in [-0.2, -0.15) is 0 Å². The fraction of sp³-hybridized carbons (Fsp3) is 0.680. The molecule has 1 saturated heterocycles. The lowest BCUT2D eigenvalue weighted by Gasteiger charge is -2.40. The predicted molar refractivity (Wildman–Crippen MR) is 142 cm³/mol. The van der Waals surface area contributed by atoms with Crippen molar-refractivity contribution in [3.63, 3.8) is 0 Å². The number of amides is 2. The largest absolute Gasteiger partial charge is 0.414 e. The molecule has 0 saturated carbocycles. The zero-order valence-electron chi connectivity index (χ0n) is 23.1. The van der Waals surface area contributed by atoms with E-state index in [1.807, 2.05) is 0 Å². The van der Waals surface area contributed by atoms with Crippen LogP contribution in [0.15, 0.2) is 12.1 Å². The summed E-state index contributed by atoms with van der Waals surface area (Å²) in [6, 6.07) is 2.50. The van der Waals surface area contributed by atoms with Crippen LogP contribution in [0.4, 0.5) is 5.69 Å². The number of carbonyl (C=O) groups excluding carboxylic acids is 2. The van der Waals surface area contributed by atoms with Gasteiger partial charge in [-0.25, -0.2) is 0 Å². The van der Waals surface area contributed by atoms with Crippen LogP contribution in [0, 0.1) is 10.1 Å². The lowest BCUT2D eigenvalue weighted by molar-refractivity contribution is -0.385. The number of ether oxygens (including phenoxy) is 1. The van der Waals surface area contributed by atoms with E-state index in [1.54, 1.807) is 0 Å². The Kier molecular flexibility index (Phi) is 7.50. The van der Waals surface area contributed by atoms with Gasteiger partial charge in [0, 0.05) is 24.1 Å². The molecule has 200 valence electrons. The number of imide groups is 1. The molecule has 0 radical (unpaired) electrons. The van der Waals surface area contributed by atoms with E-state index < -0.39 is 45.6 Å². The van der Waals surface area contributed by atoms with Gasteiger partial charge in [0.1, 0.15) is 6.10 Å². The fourth-order valence-corrected chi connectivity index (χ4v) is 6.30. The van der Waals surface area contributed by atoms with Crippen LogP contribution in [0.25, 0.3) is 0 Å². The molecule has 11 heteroatoms.